The fourth-order valence-electron chi connectivity index (χ4n) is 12.2. The molecule has 0 aliphatic carbocycles. The van der Waals surface area contributed by atoms with Gasteiger partial charge < -0.3 is 33.8 Å². The SMILES string of the molecule is CCC(C)CCCCCCCCCCCCCCCCCCCCC(=O)O[C@H](COC(=O)CCCCCCCCC(C)C)COP(=O)(O)OC[C@H](O)COP(=O)(O)OC[C@@H](COC(=O)CCCCCCCCCCCCCCCC(C)C)OC(=O)CCCCCCCCCCCC(C)C. The van der Waals surface area contributed by atoms with Crippen LogP contribution in [0.3, 0.4) is 0 Å². The molecule has 0 amide bonds. The van der Waals surface area contributed by atoms with Crippen LogP contribution in [0.25, 0.3) is 0 Å². The molecule has 0 spiro atoms. The van der Waals surface area contributed by atoms with Crippen LogP contribution >= 0.6 is 15.6 Å². The van der Waals surface area contributed by atoms with E-state index in [2.05, 4.69) is 55.4 Å². The number of hydrogen-bond acceptors (Lipinski definition) is 15. The van der Waals surface area contributed by atoms with Gasteiger partial charge in [-0.2, -0.15) is 0 Å². The summed E-state index contributed by atoms with van der Waals surface area (Å²) in [5, 5.41) is 10.6. The van der Waals surface area contributed by atoms with E-state index in [1.54, 1.807) is 0 Å². The topological polar surface area (TPSA) is 237 Å². The van der Waals surface area contributed by atoms with Crippen molar-refractivity contribution >= 4 is 39.5 Å². The Labute approximate surface area is 607 Å². The highest BCUT2D eigenvalue weighted by molar-refractivity contribution is 7.47. The highest BCUT2D eigenvalue weighted by Gasteiger charge is 2.30. The number of phosphoric acid groups is 2. The summed E-state index contributed by atoms with van der Waals surface area (Å²) >= 11 is 0. The summed E-state index contributed by atoms with van der Waals surface area (Å²) in [6.07, 6.45) is 55.7. The standard InChI is InChI=1S/C80H156O17P2/c1-9-73(8)59-51-43-34-28-22-18-14-12-10-11-13-15-19-24-30-36-46-54-62-79(84)97-76(67-91-78(83)61-53-45-39-38-42-50-58-72(6)7)69-95-99(88,89)93-65-74(81)64-92-98(86,87)94-68-75(96-80(85)63-55-47-37-31-25-27-33-41-49-57-71(4)5)66-90-77(82)60-52-44-35-29-23-20-16-17-21-26-32-40-48-56-70(2)3/h70-76,81H,9-69H2,1-8H3,(H,86,87)(H,88,89)/t73?,74-,75-,76-/m1/s1. The predicted molar refractivity (Wildman–Crippen MR) is 404 cm³/mol. The lowest BCUT2D eigenvalue weighted by atomic mass is 9.99. The number of rotatable bonds is 77. The van der Waals surface area contributed by atoms with Crippen molar-refractivity contribution in [3.05, 3.63) is 0 Å². The molecule has 0 radical (unpaired) electrons. The maximum absolute atomic E-state index is 13.1. The van der Waals surface area contributed by atoms with E-state index in [1.807, 2.05) is 0 Å². The maximum Gasteiger partial charge on any atom is 0.472 e. The molecular weight excluding hydrogens is 1290 g/mol. The van der Waals surface area contributed by atoms with E-state index in [-0.39, 0.29) is 25.7 Å². The smallest absolute Gasteiger partial charge is 0.462 e. The quantitative estimate of drug-likeness (QED) is 0.0222. The molecule has 3 unspecified atom stereocenters. The van der Waals surface area contributed by atoms with Gasteiger partial charge in [0.2, 0.25) is 0 Å². The Morgan fingerprint density at radius 3 is 0.717 bits per heavy atom. The van der Waals surface area contributed by atoms with Gasteiger partial charge in [0.1, 0.15) is 19.3 Å². The Balaban J connectivity index is 5.16. The third-order valence-corrected chi connectivity index (χ3v) is 20.8. The Kier molecular flexibility index (Phi) is 67.8. The van der Waals surface area contributed by atoms with Crippen LogP contribution in [-0.2, 0) is 65.4 Å². The number of esters is 4. The molecule has 3 N–H and O–H groups in total. The van der Waals surface area contributed by atoms with Gasteiger partial charge in [0.25, 0.3) is 0 Å². The van der Waals surface area contributed by atoms with Crippen molar-refractivity contribution in [1.82, 2.24) is 0 Å². The van der Waals surface area contributed by atoms with Crippen LogP contribution in [0.4, 0.5) is 0 Å². The Morgan fingerprint density at radius 1 is 0.283 bits per heavy atom. The molecule has 99 heavy (non-hydrogen) atoms. The zero-order chi connectivity index (χ0) is 73.1. The van der Waals surface area contributed by atoms with E-state index in [9.17, 15) is 43.2 Å². The van der Waals surface area contributed by atoms with Gasteiger partial charge in [0, 0.05) is 25.7 Å². The van der Waals surface area contributed by atoms with Crippen molar-refractivity contribution in [2.24, 2.45) is 23.7 Å². The zero-order valence-electron chi connectivity index (χ0n) is 65.1. The minimum atomic E-state index is -4.96. The molecule has 0 aromatic rings. The van der Waals surface area contributed by atoms with Crippen molar-refractivity contribution < 1.29 is 80.2 Å². The average molecular weight is 1450 g/mol. The van der Waals surface area contributed by atoms with Crippen LogP contribution < -0.4 is 0 Å². The minimum absolute atomic E-state index is 0.105. The molecule has 0 rings (SSSR count). The number of carbonyl (C=O) groups excluding carboxylic acids is 4. The summed E-state index contributed by atoms with van der Waals surface area (Å²) in [5.41, 5.74) is 0. The molecule has 588 valence electrons. The number of aliphatic hydroxyl groups is 1. The Morgan fingerprint density at radius 2 is 0.485 bits per heavy atom. The summed E-state index contributed by atoms with van der Waals surface area (Å²) in [4.78, 5) is 72.9. The molecule has 0 aliphatic rings. The van der Waals surface area contributed by atoms with Crippen LogP contribution in [0.1, 0.15) is 409 Å². The molecular formula is C80H156O17P2. The lowest BCUT2D eigenvalue weighted by Gasteiger charge is -2.21. The minimum Gasteiger partial charge on any atom is -0.462 e. The fourth-order valence-corrected chi connectivity index (χ4v) is 13.8. The normalized spacial score (nSPS) is 14.3. The van der Waals surface area contributed by atoms with Crippen molar-refractivity contribution in [2.45, 2.75) is 427 Å². The molecule has 0 saturated heterocycles. The van der Waals surface area contributed by atoms with E-state index < -0.39 is 97.5 Å². The van der Waals surface area contributed by atoms with Gasteiger partial charge in [0.15, 0.2) is 12.2 Å². The summed E-state index contributed by atoms with van der Waals surface area (Å²) in [5.74, 6) is 0.959. The number of unbranched alkanes of at least 4 members (excludes halogenated alkanes) is 42. The van der Waals surface area contributed by atoms with Crippen LogP contribution in [0.2, 0.25) is 0 Å². The van der Waals surface area contributed by atoms with Gasteiger partial charge in [-0.05, 0) is 49.4 Å². The van der Waals surface area contributed by atoms with Crippen LogP contribution in [0, 0.1) is 23.7 Å². The lowest BCUT2D eigenvalue weighted by Crippen LogP contribution is -2.30. The number of aliphatic hydroxyl groups excluding tert-OH is 1. The second-order valence-corrected chi connectivity index (χ2v) is 33.4. The van der Waals surface area contributed by atoms with E-state index >= 15 is 0 Å². The van der Waals surface area contributed by atoms with Gasteiger partial charge in [-0.15, -0.1) is 0 Å². The largest absolute Gasteiger partial charge is 0.472 e. The summed E-state index contributed by atoms with van der Waals surface area (Å²) in [6.45, 7) is 14.2. The molecule has 0 fully saturated rings. The predicted octanol–water partition coefficient (Wildman–Crippen LogP) is 23.6. The van der Waals surface area contributed by atoms with E-state index in [0.717, 1.165) is 114 Å². The van der Waals surface area contributed by atoms with Gasteiger partial charge in [-0.3, -0.25) is 37.3 Å². The molecule has 19 heteroatoms. The first-order chi connectivity index (χ1) is 47.6. The van der Waals surface area contributed by atoms with Crippen LogP contribution in [0.15, 0.2) is 0 Å². The number of phosphoric ester groups is 2. The third-order valence-electron chi connectivity index (χ3n) is 18.9. The molecule has 6 atom stereocenters. The lowest BCUT2D eigenvalue weighted by molar-refractivity contribution is -0.161. The summed E-state index contributed by atoms with van der Waals surface area (Å²) in [7, 11) is -9.92. The second-order valence-electron chi connectivity index (χ2n) is 30.5. The Hall–Kier alpha value is -1.94. The van der Waals surface area contributed by atoms with Gasteiger partial charge >= 0.3 is 39.5 Å². The zero-order valence-corrected chi connectivity index (χ0v) is 66.9. The van der Waals surface area contributed by atoms with Crippen molar-refractivity contribution in [3.63, 3.8) is 0 Å². The first kappa shape index (κ1) is 97.1. The van der Waals surface area contributed by atoms with Crippen molar-refractivity contribution in [2.75, 3.05) is 39.6 Å². The van der Waals surface area contributed by atoms with Crippen LogP contribution in [0.5, 0.6) is 0 Å². The summed E-state index contributed by atoms with van der Waals surface area (Å²) in [6, 6.07) is 0. The molecule has 0 bridgehead atoms. The van der Waals surface area contributed by atoms with Crippen molar-refractivity contribution in [3.8, 4) is 0 Å². The van der Waals surface area contributed by atoms with Gasteiger partial charge in [-0.25, -0.2) is 9.13 Å². The first-order valence-corrected chi connectivity index (χ1v) is 44.2. The maximum atomic E-state index is 13.1. The molecule has 0 aromatic carbocycles. The molecule has 0 aliphatic heterocycles. The fraction of sp³-hybridized carbons (Fsp3) is 0.950. The number of ether oxygens (including phenoxy) is 4. The number of hydrogen-bond donors (Lipinski definition) is 3. The van der Waals surface area contributed by atoms with Gasteiger partial charge in [-0.1, -0.05) is 357 Å². The third kappa shape index (κ3) is 72.8. The number of carbonyl (C=O) groups is 4. The Bertz CT molecular complexity index is 1940. The first-order valence-electron chi connectivity index (χ1n) is 41.2. The van der Waals surface area contributed by atoms with Gasteiger partial charge in [0.05, 0.1) is 26.4 Å². The highest BCUT2D eigenvalue weighted by Crippen LogP contribution is 2.45. The average Bonchev–Trinajstić information content (AvgIpc) is 1.04. The molecule has 0 saturated carbocycles. The molecule has 0 aromatic heterocycles. The van der Waals surface area contributed by atoms with Crippen LogP contribution in [-0.4, -0.2) is 96.7 Å². The van der Waals surface area contributed by atoms with E-state index in [0.29, 0.717) is 31.6 Å². The monoisotopic (exact) mass is 1450 g/mol. The summed E-state index contributed by atoms with van der Waals surface area (Å²) < 4.78 is 68.6. The second kappa shape index (κ2) is 69.1. The van der Waals surface area contributed by atoms with E-state index in [4.69, 9.17) is 37.0 Å². The van der Waals surface area contributed by atoms with Crippen molar-refractivity contribution in [1.29, 1.82) is 0 Å². The highest BCUT2D eigenvalue weighted by atomic mass is 31.2. The molecule has 0 heterocycles. The van der Waals surface area contributed by atoms with E-state index in [1.165, 1.54) is 205 Å². The molecule has 17 nitrogen and oxygen atoms in total.